The number of rotatable bonds is 7. The number of imide groups is 1. The Morgan fingerprint density at radius 3 is 2.24 bits per heavy atom. The van der Waals surface area contributed by atoms with Gasteiger partial charge >= 0.3 is 0 Å². The van der Waals surface area contributed by atoms with Crippen molar-refractivity contribution in [3.05, 3.63) is 64.7 Å². The predicted octanol–water partition coefficient (Wildman–Crippen LogP) is 3.35. The number of hydrogen-bond acceptors (Lipinski definition) is 6. The van der Waals surface area contributed by atoms with Gasteiger partial charge in [-0.15, -0.1) is 0 Å². The van der Waals surface area contributed by atoms with Crippen molar-refractivity contribution in [3.63, 3.8) is 0 Å². The highest BCUT2D eigenvalue weighted by molar-refractivity contribution is 6.21. The van der Waals surface area contributed by atoms with Gasteiger partial charge in [-0.1, -0.05) is 37.1 Å². The maximum Gasteiger partial charge on any atom is 0.261 e. The van der Waals surface area contributed by atoms with Crippen molar-refractivity contribution in [2.75, 3.05) is 33.2 Å². The summed E-state index contributed by atoms with van der Waals surface area (Å²) in [5, 5.41) is 2.75. The van der Waals surface area contributed by atoms with Gasteiger partial charge in [0.1, 0.15) is 11.9 Å². The molecular weight excluding hydrogens is 572 g/mol. The van der Waals surface area contributed by atoms with E-state index in [1.54, 1.807) is 36.2 Å². The molecule has 10 nitrogen and oxygen atoms in total. The van der Waals surface area contributed by atoms with Crippen molar-refractivity contribution in [1.82, 2.24) is 20.0 Å². The van der Waals surface area contributed by atoms with Crippen LogP contribution in [0.25, 0.3) is 0 Å². The van der Waals surface area contributed by atoms with Crippen LogP contribution in [0.5, 0.6) is 5.75 Å². The van der Waals surface area contributed by atoms with Gasteiger partial charge in [0.05, 0.1) is 30.3 Å². The third-order valence-corrected chi connectivity index (χ3v) is 10.3. The van der Waals surface area contributed by atoms with Crippen molar-refractivity contribution in [2.24, 2.45) is 17.8 Å². The fraction of sp³-hybridized carbons (Fsp3) is 0.514. The number of nitrogens with one attached hydrogen (secondary N) is 1. The van der Waals surface area contributed by atoms with E-state index in [1.807, 2.05) is 23.1 Å². The first-order chi connectivity index (χ1) is 21.9. The van der Waals surface area contributed by atoms with Crippen LogP contribution < -0.4 is 10.1 Å². The molecule has 0 spiro atoms. The average Bonchev–Trinajstić information content (AvgIpc) is 3.78. The largest absolute Gasteiger partial charge is 0.488 e. The Balaban J connectivity index is 1.22. The van der Waals surface area contributed by atoms with Gasteiger partial charge in [-0.25, -0.2) is 0 Å². The number of carbonyl (C=O) groups is 5. The Bertz CT molecular complexity index is 1520. The standard InChI is InChI=1S/C35H40N4O6/c1-36-31(40)24-8-2-3-9-25(24)33(42)38-18-15-21-7-6-12-29(45-23-16-17-37(19-23)32(41)22-13-14-22)30(21)28(38)20-39-34(43)26-10-4-5-11-27(26)35(39)44/h4-7,10-12,22-25,28H,2-3,8-9,13-20H2,1H3,(H,36,40)/t23?,24-,25?,28-/m1/s1. The molecule has 0 aromatic heterocycles. The molecule has 1 saturated heterocycles. The molecule has 10 heteroatoms. The minimum atomic E-state index is -0.641. The molecule has 7 rings (SSSR count). The zero-order chi connectivity index (χ0) is 31.2. The van der Waals surface area contributed by atoms with E-state index in [-0.39, 0.29) is 48.1 Å². The minimum Gasteiger partial charge on any atom is -0.488 e. The molecule has 3 aliphatic heterocycles. The molecule has 2 saturated carbocycles. The summed E-state index contributed by atoms with van der Waals surface area (Å²) in [7, 11) is 1.60. The second-order valence-electron chi connectivity index (χ2n) is 13.1. The molecule has 5 aliphatic rings. The van der Waals surface area contributed by atoms with E-state index in [9.17, 15) is 24.0 Å². The zero-order valence-electron chi connectivity index (χ0n) is 25.7. The zero-order valence-corrected chi connectivity index (χ0v) is 25.7. The highest BCUT2D eigenvalue weighted by Crippen LogP contribution is 2.42. The van der Waals surface area contributed by atoms with Gasteiger partial charge < -0.3 is 19.9 Å². The molecule has 45 heavy (non-hydrogen) atoms. The average molecular weight is 613 g/mol. The molecule has 1 N–H and O–H groups in total. The number of nitrogens with zero attached hydrogens (tertiary/aromatic N) is 3. The van der Waals surface area contributed by atoms with Gasteiger partial charge in [-0.3, -0.25) is 28.9 Å². The van der Waals surface area contributed by atoms with Crippen LogP contribution in [0.1, 0.15) is 82.8 Å². The molecule has 2 aromatic rings. The Morgan fingerprint density at radius 1 is 0.844 bits per heavy atom. The maximum absolute atomic E-state index is 14.5. The molecule has 2 unspecified atom stereocenters. The van der Waals surface area contributed by atoms with Crippen LogP contribution in [-0.2, 0) is 20.8 Å². The van der Waals surface area contributed by atoms with Crippen molar-refractivity contribution in [3.8, 4) is 5.75 Å². The van der Waals surface area contributed by atoms with Crippen LogP contribution >= 0.6 is 0 Å². The molecular formula is C35H40N4O6. The van der Waals surface area contributed by atoms with Crippen LogP contribution in [0, 0.1) is 17.8 Å². The summed E-state index contributed by atoms with van der Waals surface area (Å²) in [4.78, 5) is 72.1. The van der Waals surface area contributed by atoms with E-state index in [0.717, 1.165) is 36.8 Å². The minimum absolute atomic E-state index is 0.0141. The van der Waals surface area contributed by atoms with Gasteiger partial charge in [0, 0.05) is 49.9 Å². The third kappa shape index (κ3) is 5.38. The van der Waals surface area contributed by atoms with Gasteiger partial charge in [-0.2, -0.15) is 0 Å². The number of likely N-dealkylation sites (tertiary alicyclic amines) is 1. The lowest BCUT2D eigenvalue weighted by molar-refractivity contribution is -0.146. The molecule has 0 bridgehead atoms. The Hall–Kier alpha value is -4.21. The van der Waals surface area contributed by atoms with Crippen molar-refractivity contribution in [2.45, 2.75) is 63.5 Å². The van der Waals surface area contributed by atoms with E-state index in [4.69, 9.17) is 4.74 Å². The SMILES string of the molecule is CNC(=O)[C@@H]1CCCCC1C(=O)N1CCc2cccc(OC3CCN(C(=O)C4CC4)C3)c2[C@H]1CN1C(=O)c2ccccc2C1=O. The summed E-state index contributed by atoms with van der Waals surface area (Å²) in [6, 6.07) is 12.0. The smallest absolute Gasteiger partial charge is 0.261 e. The Labute approximate surface area is 263 Å². The molecule has 3 heterocycles. The highest BCUT2D eigenvalue weighted by atomic mass is 16.5. The summed E-state index contributed by atoms with van der Waals surface area (Å²) < 4.78 is 6.63. The van der Waals surface area contributed by atoms with E-state index >= 15 is 0 Å². The van der Waals surface area contributed by atoms with Crippen LogP contribution in [0.15, 0.2) is 42.5 Å². The Kier molecular flexibility index (Phi) is 7.83. The summed E-state index contributed by atoms with van der Waals surface area (Å²) in [5.41, 5.74) is 2.53. The topological polar surface area (TPSA) is 116 Å². The summed E-state index contributed by atoms with van der Waals surface area (Å²) in [5.74, 6) is -0.926. The van der Waals surface area contributed by atoms with Gasteiger partial charge in [0.25, 0.3) is 11.8 Å². The quantitative estimate of drug-likeness (QED) is 0.480. The van der Waals surface area contributed by atoms with Gasteiger partial charge in [0.2, 0.25) is 17.7 Å². The molecule has 2 aromatic carbocycles. The van der Waals surface area contributed by atoms with Crippen LogP contribution in [0.3, 0.4) is 0 Å². The van der Waals surface area contributed by atoms with E-state index in [0.29, 0.717) is 62.2 Å². The molecule has 3 fully saturated rings. The second-order valence-corrected chi connectivity index (χ2v) is 13.1. The summed E-state index contributed by atoms with van der Waals surface area (Å²) >= 11 is 0. The molecule has 0 radical (unpaired) electrons. The van der Waals surface area contributed by atoms with E-state index in [1.165, 1.54) is 4.90 Å². The summed E-state index contributed by atoms with van der Waals surface area (Å²) in [6.07, 6.45) is 6.04. The number of carbonyl (C=O) groups excluding carboxylic acids is 5. The lowest BCUT2D eigenvalue weighted by Crippen LogP contribution is -2.51. The first-order valence-electron chi connectivity index (χ1n) is 16.4. The van der Waals surface area contributed by atoms with Crippen LogP contribution in [0.4, 0.5) is 0 Å². The highest BCUT2D eigenvalue weighted by Gasteiger charge is 2.45. The summed E-state index contributed by atoms with van der Waals surface area (Å²) in [6.45, 7) is 1.56. The molecule has 236 valence electrons. The van der Waals surface area contributed by atoms with Gasteiger partial charge in [-0.05, 0) is 55.9 Å². The number of hydrogen-bond donors (Lipinski definition) is 1. The molecule has 4 atom stereocenters. The normalized spacial score (nSPS) is 26.0. The molecule has 5 amide bonds. The predicted molar refractivity (Wildman–Crippen MR) is 164 cm³/mol. The monoisotopic (exact) mass is 612 g/mol. The number of amides is 5. The van der Waals surface area contributed by atoms with Crippen molar-refractivity contribution >= 4 is 29.5 Å². The number of benzene rings is 2. The fourth-order valence-corrected chi connectivity index (χ4v) is 7.80. The Morgan fingerprint density at radius 2 is 1.56 bits per heavy atom. The second kappa shape index (κ2) is 11.9. The first kappa shape index (κ1) is 29.5. The maximum atomic E-state index is 14.5. The first-order valence-corrected chi connectivity index (χ1v) is 16.4. The number of ether oxygens (including phenoxy) is 1. The van der Waals surface area contributed by atoms with E-state index in [2.05, 4.69) is 5.32 Å². The van der Waals surface area contributed by atoms with Crippen LogP contribution in [0.2, 0.25) is 0 Å². The fourth-order valence-electron chi connectivity index (χ4n) is 7.80. The lowest BCUT2D eigenvalue weighted by atomic mass is 9.77. The lowest BCUT2D eigenvalue weighted by Gasteiger charge is -2.43. The van der Waals surface area contributed by atoms with Crippen LogP contribution in [-0.4, -0.2) is 83.6 Å². The number of fused-ring (bicyclic) bond motifs is 2. The molecule has 2 aliphatic carbocycles. The third-order valence-electron chi connectivity index (χ3n) is 10.3. The van der Waals surface area contributed by atoms with Crippen molar-refractivity contribution in [1.29, 1.82) is 0 Å². The van der Waals surface area contributed by atoms with E-state index < -0.39 is 17.9 Å². The van der Waals surface area contributed by atoms with Gasteiger partial charge in [0.15, 0.2) is 0 Å². The van der Waals surface area contributed by atoms with Crippen molar-refractivity contribution < 1.29 is 28.7 Å².